The summed E-state index contributed by atoms with van der Waals surface area (Å²) in [6.45, 7) is 7.56. The monoisotopic (exact) mass is 205 g/mol. The van der Waals surface area contributed by atoms with E-state index in [2.05, 4.69) is 25.7 Å². The van der Waals surface area contributed by atoms with Gasteiger partial charge in [-0.25, -0.2) is 0 Å². The first-order valence-electron chi connectivity index (χ1n) is 3.73. The molecule has 1 saturated heterocycles. The maximum Gasteiger partial charge on any atom is 0.262 e. The summed E-state index contributed by atoms with van der Waals surface area (Å²) in [7, 11) is 0. The van der Waals surface area contributed by atoms with E-state index in [0.717, 1.165) is 5.75 Å². The van der Waals surface area contributed by atoms with Crippen LogP contribution in [0.1, 0.15) is 13.8 Å². The summed E-state index contributed by atoms with van der Waals surface area (Å²) in [6, 6.07) is 0.227. The number of amides is 1. The van der Waals surface area contributed by atoms with E-state index in [1.54, 1.807) is 0 Å². The summed E-state index contributed by atoms with van der Waals surface area (Å²) in [6.07, 6.45) is 0. The number of nitrogens with one attached hydrogen (secondary N) is 1. The molecule has 1 unspecified atom stereocenters. The molecule has 0 saturated carbocycles. The Morgan fingerprint density at radius 3 is 2.58 bits per heavy atom. The highest BCUT2D eigenvalue weighted by Crippen LogP contribution is 2.39. The van der Waals surface area contributed by atoms with E-state index in [-0.39, 0.29) is 21.7 Å². The molecule has 2 nitrogen and oxygen atoms in total. The molecule has 0 spiro atoms. The van der Waals surface area contributed by atoms with Gasteiger partial charge in [-0.15, -0.1) is 0 Å². The zero-order chi connectivity index (χ0) is 9.35. The summed E-state index contributed by atoms with van der Waals surface area (Å²) < 4.78 is 0.141. The molecular formula is C8H12ClNOS. The van der Waals surface area contributed by atoms with Crippen molar-refractivity contribution in [3.63, 3.8) is 0 Å². The van der Waals surface area contributed by atoms with Gasteiger partial charge in [0, 0.05) is 10.5 Å². The molecule has 4 heteroatoms. The lowest BCUT2D eigenvalue weighted by atomic mass is 10.0. The van der Waals surface area contributed by atoms with Gasteiger partial charge in [0.15, 0.2) is 0 Å². The lowest BCUT2D eigenvalue weighted by Gasteiger charge is -2.43. The van der Waals surface area contributed by atoms with Crippen molar-refractivity contribution < 1.29 is 4.79 Å². The molecule has 1 rings (SSSR count). The smallest absolute Gasteiger partial charge is 0.262 e. The number of rotatable bonds is 2. The predicted molar refractivity (Wildman–Crippen MR) is 53.5 cm³/mol. The third kappa shape index (κ3) is 1.96. The summed E-state index contributed by atoms with van der Waals surface area (Å²) in [4.78, 5) is 11.1. The second kappa shape index (κ2) is 3.30. The zero-order valence-electron chi connectivity index (χ0n) is 7.19. The molecule has 68 valence electrons. The fraction of sp³-hybridized carbons (Fsp3) is 0.625. The topological polar surface area (TPSA) is 29.1 Å². The molecule has 1 amide bonds. The minimum atomic E-state index is -0.255. The van der Waals surface area contributed by atoms with Crippen LogP contribution in [0, 0.1) is 0 Å². The Hall–Kier alpha value is -0.150. The van der Waals surface area contributed by atoms with Crippen LogP contribution in [0.5, 0.6) is 0 Å². The average molecular weight is 206 g/mol. The van der Waals surface area contributed by atoms with Gasteiger partial charge in [-0.1, -0.05) is 18.2 Å². The third-order valence-corrected chi connectivity index (χ3v) is 3.71. The van der Waals surface area contributed by atoms with Gasteiger partial charge in [0.25, 0.3) is 5.91 Å². The Morgan fingerprint density at radius 1 is 1.75 bits per heavy atom. The normalized spacial score (nSPS) is 25.8. The van der Waals surface area contributed by atoms with Gasteiger partial charge in [-0.05, 0) is 13.8 Å². The number of halogens is 1. The van der Waals surface area contributed by atoms with E-state index in [4.69, 9.17) is 11.6 Å². The van der Waals surface area contributed by atoms with Crippen molar-refractivity contribution in [3.8, 4) is 0 Å². The average Bonchev–Trinajstić information content (AvgIpc) is 1.97. The van der Waals surface area contributed by atoms with Crippen molar-refractivity contribution in [3.05, 3.63) is 11.6 Å². The fourth-order valence-electron chi connectivity index (χ4n) is 0.952. The minimum Gasteiger partial charge on any atom is -0.346 e. The summed E-state index contributed by atoms with van der Waals surface area (Å²) in [5, 5.41) is 2.87. The summed E-state index contributed by atoms with van der Waals surface area (Å²) in [5.41, 5.74) is 0. The van der Waals surface area contributed by atoms with Crippen molar-refractivity contribution in [2.75, 3.05) is 5.75 Å². The standard InChI is InChI=1S/C8H12ClNOS/c1-5(9)7(11)10-6-4-12-8(6,2)3/h6H,1,4H2,2-3H3,(H,10,11). The van der Waals surface area contributed by atoms with Crippen molar-refractivity contribution in [2.45, 2.75) is 24.6 Å². The van der Waals surface area contributed by atoms with Crippen molar-refractivity contribution in [1.82, 2.24) is 5.32 Å². The van der Waals surface area contributed by atoms with Crippen LogP contribution >= 0.6 is 23.4 Å². The van der Waals surface area contributed by atoms with Crippen LogP contribution in [-0.4, -0.2) is 22.4 Å². The molecule has 0 aromatic rings. The maximum atomic E-state index is 11.1. The summed E-state index contributed by atoms with van der Waals surface area (Å²) >= 11 is 7.27. The molecule has 0 radical (unpaired) electrons. The lowest BCUT2D eigenvalue weighted by molar-refractivity contribution is -0.117. The minimum absolute atomic E-state index is 0.0581. The quantitative estimate of drug-likeness (QED) is 0.696. The molecule has 0 bridgehead atoms. The number of carbonyl (C=O) groups excluding carboxylic acids is 1. The van der Waals surface area contributed by atoms with Gasteiger partial charge < -0.3 is 5.32 Å². The van der Waals surface area contributed by atoms with Crippen molar-refractivity contribution in [1.29, 1.82) is 0 Å². The molecular weight excluding hydrogens is 194 g/mol. The molecule has 1 heterocycles. The van der Waals surface area contributed by atoms with Crippen LogP contribution < -0.4 is 5.32 Å². The Labute approximate surface area is 81.7 Å². The van der Waals surface area contributed by atoms with Gasteiger partial charge in [0.05, 0.1) is 11.1 Å². The highest BCUT2D eigenvalue weighted by atomic mass is 35.5. The summed E-state index contributed by atoms with van der Waals surface area (Å²) in [5.74, 6) is 0.707. The fourth-order valence-corrected chi connectivity index (χ4v) is 2.15. The van der Waals surface area contributed by atoms with Crippen molar-refractivity contribution >= 4 is 29.3 Å². The van der Waals surface area contributed by atoms with E-state index >= 15 is 0 Å². The van der Waals surface area contributed by atoms with Crippen LogP contribution in [0.25, 0.3) is 0 Å². The largest absolute Gasteiger partial charge is 0.346 e. The second-order valence-electron chi connectivity index (χ2n) is 3.35. The molecule has 1 aliphatic heterocycles. The van der Waals surface area contributed by atoms with Crippen LogP contribution in [0.4, 0.5) is 0 Å². The number of thioether (sulfide) groups is 1. The third-order valence-electron chi connectivity index (χ3n) is 2.01. The zero-order valence-corrected chi connectivity index (χ0v) is 8.76. The first-order valence-corrected chi connectivity index (χ1v) is 5.09. The Kier molecular flexibility index (Phi) is 2.74. The van der Waals surface area contributed by atoms with Crippen LogP contribution in [0.3, 0.4) is 0 Å². The first-order chi connectivity index (χ1) is 5.43. The van der Waals surface area contributed by atoms with E-state index in [1.807, 2.05) is 11.8 Å². The van der Waals surface area contributed by atoms with Gasteiger partial charge in [0.2, 0.25) is 0 Å². The molecule has 1 fully saturated rings. The van der Waals surface area contributed by atoms with Gasteiger partial charge in [-0.3, -0.25) is 4.79 Å². The first kappa shape index (κ1) is 9.93. The maximum absolute atomic E-state index is 11.1. The Balaban J connectivity index is 2.43. The highest BCUT2D eigenvalue weighted by molar-refractivity contribution is 8.02. The number of hydrogen-bond acceptors (Lipinski definition) is 2. The number of carbonyl (C=O) groups is 1. The van der Waals surface area contributed by atoms with Crippen LogP contribution in [-0.2, 0) is 4.79 Å². The molecule has 12 heavy (non-hydrogen) atoms. The van der Waals surface area contributed by atoms with Gasteiger partial charge in [-0.2, -0.15) is 11.8 Å². The predicted octanol–water partition coefficient (Wildman–Crippen LogP) is 1.75. The van der Waals surface area contributed by atoms with Crippen LogP contribution in [0.2, 0.25) is 0 Å². The van der Waals surface area contributed by atoms with E-state index in [1.165, 1.54) is 0 Å². The molecule has 0 aromatic heterocycles. The van der Waals surface area contributed by atoms with E-state index in [9.17, 15) is 4.79 Å². The molecule has 0 aromatic carbocycles. The molecule has 1 aliphatic rings. The Bertz CT molecular complexity index is 227. The van der Waals surface area contributed by atoms with Crippen LogP contribution in [0.15, 0.2) is 11.6 Å². The number of hydrogen-bond donors (Lipinski definition) is 1. The molecule has 0 aliphatic carbocycles. The lowest BCUT2D eigenvalue weighted by Crippen LogP contribution is -2.56. The van der Waals surface area contributed by atoms with Gasteiger partial charge >= 0.3 is 0 Å². The van der Waals surface area contributed by atoms with Crippen molar-refractivity contribution in [2.24, 2.45) is 0 Å². The van der Waals surface area contributed by atoms with E-state index in [0.29, 0.717) is 0 Å². The highest BCUT2D eigenvalue weighted by Gasteiger charge is 2.40. The molecule has 1 atom stereocenters. The second-order valence-corrected chi connectivity index (χ2v) is 5.48. The Morgan fingerprint density at radius 2 is 2.33 bits per heavy atom. The SMILES string of the molecule is C=C(Cl)C(=O)NC1CSC1(C)C. The molecule has 1 N–H and O–H groups in total. The van der Waals surface area contributed by atoms with E-state index < -0.39 is 0 Å². The van der Waals surface area contributed by atoms with Gasteiger partial charge in [0.1, 0.15) is 0 Å².